The molecule has 2 unspecified atom stereocenters. The van der Waals surface area contributed by atoms with Gasteiger partial charge >= 0.3 is 0 Å². The van der Waals surface area contributed by atoms with Gasteiger partial charge in [-0.15, -0.1) is 0 Å². The second-order valence-electron chi connectivity index (χ2n) is 4.44. The van der Waals surface area contributed by atoms with Crippen LogP contribution in [-0.2, 0) is 7.05 Å². The molecule has 0 aromatic carbocycles. The van der Waals surface area contributed by atoms with Crippen molar-refractivity contribution in [3.8, 4) is 0 Å². The molecule has 1 aromatic rings. The summed E-state index contributed by atoms with van der Waals surface area (Å²) < 4.78 is 26.9. The number of rotatable bonds is 7. The van der Waals surface area contributed by atoms with Gasteiger partial charge in [0.2, 0.25) is 0 Å². The van der Waals surface area contributed by atoms with Gasteiger partial charge in [0.15, 0.2) is 0 Å². The normalized spacial score (nSPS) is 15.1. The van der Waals surface area contributed by atoms with Crippen LogP contribution in [0.3, 0.4) is 0 Å². The van der Waals surface area contributed by atoms with E-state index >= 15 is 0 Å². The van der Waals surface area contributed by atoms with Gasteiger partial charge in [-0.05, 0) is 6.42 Å². The Balaban J connectivity index is 2.93. The summed E-state index contributed by atoms with van der Waals surface area (Å²) in [6.45, 7) is 1.62. The lowest BCUT2D eigenvalue weighted by atomic mass is 9.91. The van der Waals surface area contributed by atoms with Crippen molar-refractivity contribution in [3.05, 3.63) is 17.5 Å². The van der Waals surface area contributed by atoms with Gasteiger partial charge < -0.3 is 10.2 Å². The van der Waals surface area contributed by atoms with Crippen LogP contribution in [0.25, 0.3) is 0 Å². The van der Waals surface area contributed by atoms with Crippen LogP contribution in [-0.4, -0.2) is 32.7 Å². The van der Waals surface area contributed by atoms with Crippen LogP contribution in [0.5, 0.6) is 0 Å². The smallest absolute Gasteiger partial charge is 0.282 e. The molecule has 0 aliphatic rings. The Morgan fingerprint density at radius 3 is 2.61 bits per heavy atom. The van der Waals surface area contributed by atoms with Gasteiger partial charge in [0.1, 0.15) is 5.69 Å². The minimum atomic E-state index is -2.70. The lowest BCUT2D eigenvalue weighted by molar-refractivity contribution is 0.0927. The van der Waals surface area contributed by atoms with Gasteiger partial charge in [0.25, 0.3) is 6.43 Å². The number of aliphatic hydroxyl groups excluding tert-OH is 2. The van der Waals surface area contributed by atoms with Crippen molar-refractivity contribution in [2.45, 2.75) is 44.6 Å². The van der Waals surface area contributed by atoms with Crippen LogP contribution in [0.2, 0.25) is 0 Å². The fourth-order valence-corrected chi connectivity index (χ4v) is 2.02. The van der Waals surface area contributed by atoms with Crippen molar-refractivity contribution in [2.24, 2.45) is 7.05 Å². The average molecular weight is 262 g/mol. The molecule has 0 aliphatic heterocycles. The van der Waals surface area contributed by atoms with E-state index in [-0.39, 0.29) is 17.9 Å². The molecule has 1 aromatic heterocycles. The maximum atomic E-state index is 12.8. The first kappa shape index (κ1) is 15.0. The van der Waals surface area contributed by atoms with E-state index in [1.807, 2.05) is 6.92 Å². The van der Waals surface area contributed by atoms with E-state index < -0.39 is 18.4 Å². The molecule has 0 spiro atoms. The van der Waals surface area contributed by atoms with Crippen molar-refractivity contribution in [1.29, 1.82) is 0 Å². The molecule has 18 heavy (non-hydrogen) atoms. The van der Waals surface area contributed by atoms with Crippen LogP contribution >= 0.6 is 0 Å². The number of nitrogens with zero attached hydrogens (tertiary/aromatic N) is 2. The standard InChI is InChI=1S/C12H20F2N2O2/c1-3-4-5-10(18)9(7-17)8-6-16(2)15-11(8)12(13)14/h6,9-10,12,17-18H,3-5,7H2,1-2H3. The van der Waals surface area contributed by atoms with E-state index in [2.05, 4.69) is 5.10 Å². The van der Waals surface area contributed by atoms with E-state index in [1.165, 1.54) is 10.9 Å². The van der Waals surface area contributed by atoms with Crippen molar-refractivity contribution in [1.82, 2.24) is 9.78 Å². The molecule has 0 aliphatic carbocycles. The van der Waals surface area contributed by atoms with Gasteiger partial charge in [0, 0.05) is 24.7 Å². The van der Waals surface area contributed by atoms with Crippen molar-refractivity contribution < 1.29 is 19.0 Å². The zero-order valence-electron chi connectivity index (χ0n) is 10.7. The number of halogens is 2. The zero-order valence-corrected chi connectivity index (χ0v) is 10.7. The molecule has 104 valence electrons. The monoisotopic (exact) mass is 262 g/mol. The fraction of sp³-hybridized carbons (Fsp3) is 0.750. The van der Waals surface area contributed by atoms with Crippen LogP contribution < -0.4 is 0 Å². The van der Waals surface area contributed by atoms with E-state index in [1.54, 1.807) is 7.05 Å². The third kappa shape index (κ3) is 3.49. The molecule has 6 heteroatoms. The Labute approximate surface area is 105 Å². The maximum absolute atomic E-state index is 12.8. The number of aliphatic hydroxyl groups is 2. The van der Waals surface area contributed by atoms with Crippen LogP contribution in [0.4, 0.5) is 8.78 Å². The fourth-order valence-electron chi connectivity index (χ4n) is 2.02. The van der Waals surface area contributed by atoms with Crippen LogP contribution in [0.15, 0.2) is 6.20 Å². The quantitative estimate of drug-likeness (QED) is 0.790. The molecule has 0 saturated carbocycles. The maximum Gasteiger partial charge on any atom is 0.282 e. The van der Waals surface area contributed by atoms with Crippen LogP contribution in [0.1, 0.15) is 49.8 Å². The van der Waals surface area contributed by atoms with Crippen molar-refractivity contribution in [3.63, 3.8) is 0 Å². The summed E-state index contributed by atoms with van der Waals surface area (Å²) in [5.41, 5.74) is -0.120. The molecule has 0 bridgehead atoms. The molecule has 0 radical (unpaired) electrons. The molecule has 0 fully saturated rings. The molecular weight excluding hydrogens is 242 g/mol. The second kappa shape index (κ2) is 6.80. The zero-order chi connectivity index (χ0) is 13.7. The summed E-state index contributed by atoms with van der Waals surface area (Å²) in [7, 11) is 1.54. The Bertz CT molecular complexity index is 369. The predicted octanol–water partition coefficient (Wildman–Crippen LogP) is 1.98. The van der Waals surface area contributed by atoms with Crippen molar-refractivity contribution >= 4 is 0 Å². The molecule has 1 heterocycles. The van der Waals surface area contributed by atoms with Crippen molar-refractivity contribution in [2.75, 3.05) is 6.61 Å². The third-order valence-corrected chi connectivity index (χ3v) is 3.01. The second-order valence-corrected chi connectivity index (χ2v) is 4.44. The highest BCUT2D eigenvalue weighted by atomic mass is 19.3. The highest BCUT2D eigenvalue weighted by molar-refractivity contribution is 5.24. The summed E-state index contributed by atoms with van der Waals surface area (Å²) in [6.07, 6.45) is 0.105. The number of hydrogen-bond acceptors (Lipinski definition) is 3. The molecule has 2 N–H and O–H groups in total. The summed E-state index contributed by atoms with van der Waals surface area (Å²) in [5.74, 6) is -0.700. The summed E-state index contributed by atoms with van der Waals surface area (Å²) in [4.78, 5) is 0. The molecule has 4 nitrogen and oxygen atoms in total. The SMILES string of the molecule is CCCCC(O)C(CO)c1cn(C)nc1C(F)F. The Morgan fingerprint density at radius 1 is 1.44 bits per heavy atom. The minimum absolute atomic E-state index is 0.235. The third-order valence-electron chi connectivity index (χ3n) is 3.01. The average Bonchev–Trinajstić information content (AvgIpc) is 2.69. The Morgan fingerprint density at radius 2 is 2.11 bits per heavy atom. The lowest BCUT2D eigenvalue weighted by Gasteiger charge is -2.20. The highest BCUT2D eigenvalue weighted by Gasteiger charge is 2.28. The summed E-state index contributed by atoms with van der Waals surface area (Å²) in [6, 6.07) is 0. The minimum Gasteiger partial charge on any atom is -0.396 e. The predicted molar refractivity (Wildman–Crippen MR) is 63.5 cm³/mol. The van der Waals surface area contributed by atoms with E-state index in [4.69, 9.17) is 0 Å². The first-order valence-corrected chi connectivity index (χ1v) is 6.11. The molecule has 1 rings (SSSR count). The van der Waals surface area contributed by atoms with Gasteiger partial charge in [-0.25, -0.2) is 8.78 Å². The van der Waals surface area contributed by atoms with E-state index in [0.717, 1.165) is 12.8 Å². The highest BCUT2D eigenvalue weighted by Crippen LogP contribution is 2.30. The first-order chi connectivity index (χ1) is 8.51. The molecular formula is C12H20F2N2O2. The number of aryl methyl sites for hydroxylation is 1. The number of aromatic nitrogens is 2. The Kier molecular flexibility index (Phi) is 5.68. The topological polar surface area (TPSA) is 58.3 Å². The van der Waals surface area contributed by atoms with Gasteiger partial charge in [-0.2, -0.15) is 5.10 Å². The lowest BCUT2D eigenvalue weighted by Crippen LogP contribution is -2.22. The Hall–Kier alpha value is -1.01. The number of unbranched alkanes of at least 4 members (excludes halogenated alkanes) is 1. The largest absolute Gasteiger partial charge is 0.396 e. The van der Waals surface area contributed by atoms with Gasteiger partial charge in [0.05, 0.1) is 12.7 Å². The van der Waals surface area contributed by atoms with Crippen LogP contribution in [0, 0.1) is 0 Å². The summed E-state index contributed by atoms with van der Waals surface area (Å²) in [5, 5.41) is 23.0. The first-order valence-electron chi connectivity index (χ1n) is 6.11. The number of hydrogen-bond donors (Lipinski definition) is 2. The van der Waals surface area contributed by atoms with Gasteiger partial charge in [-0.1, -0.05) is 19.8 Å². The molecule has 0 saturated heterocycles. The molecule has 2 atom stereocenters. The van der Waals surface area contributed by atoms with Gasteiger partial charge in [-0.3, -0.25) is 4.68 Å². The number of alkyl halides is 2. The van der Waals surface area contributed by atoms with E-state index in [0.29, 0.717) is 6.42 Å². The summed E-state index contributed by atoms with van der Waals surface area (Å²) >= 11 is 0. The van der Waals surface area contributed by atoms with E-state index in [9.17, 15) is 19.0 Å². The molecule has 0 amide bonds.